The average Bonchev–Trinajstić information content (AvgIpc) is 3.00. The summed E-state index contributed by atoms with van der Waals surface area (Å²) in [7, 11) is -4.09. The van der Waals surface area contributed by atoms with Crippen molar-refractivity contribution < 1.29 is 18.0 Å². The summed E-state index contributed by atoms with van der Waals surface area (Å²) in [5.74, 6) is -0.778. The fraction of sp³-hybridized carbons (Fsp3) is 0.212. The van der Waals surface area contributed by atoms with E-state index < -0.39 is 28.5 Å². The number of hydrogen-bond donors (Lipinski definition) is 1. The van der Waals surface area contributed by atoms with E-state index in [4.69, 9.17) is 0 Å². The number of carbonyl (C=O) groups is 2. The van der Waals surface area contributed by atoms with Crippen molar-refractivity contribution in [1.82, 2.24) is 10.2 Å². The van der Waals surface area contributed by atoms with Crippen molar-refractivity contribution in [3.8, 4) is 0 Å². The van der Waals surface area contributed by atoms with Crippen LogP contribution in [-0.2, 0) is 32.6 Å². The number of benzene rings is 4. The van der Waals surface area contributed by atoms with Gasteiger partial charge in [-0.3, -0.25) is 13.9 Å². The molecule has 212 valence electrons. The summed E-state index contributed by atoms with van der Waals surface area (Å²) in [5.41, 5.74) is 3.10. The molecule has 0 bridgehead atoms. The molecule has 8 heteroatoms. The number of rotatable bonds is 12. The number of carbonyl (C=O) groups excluding carboxylic acids is 2. The minimum absolute atomic E-state index is 0.0756. The van der Waals surface area contributed by atoms with E-state index in [0.717, 1.165) is 21.0 Å². The van der Waals surface area contributed by atoms with Crippen molar-refractivity contribution >= 4 is 27.5 Å². The van der Waals surface area contributed by atoms with Gasteiger partial charge in [0.05, 0.1) is 10.6 Å². The van der Waals surface area contributed by atoms with Crippen LogP contribution in [0, 0.1) is 6.92 Å². The molecule has 0 aliphatic heterocycles. The van der Waals surface area contributed by atoms with Crippen molar-refractivity contribution in [3.05, 3.63) is 132 Å². The van der Waals surface area contributed by atoms with Gasteiger partial charge in [0.2, 0.25) is 11.8 Å². The Morgan fingerprint density at radius 2 is 1.34 bits per heavy atom. The van der Waals surface area contributed by atoms with Gasteiger partial charge in [0, 0.05) is 19.5 Å². The molecule has 0 saturated carbocycles. The Labute approximate surface area is 242 Å². The summed E-state index contributed by atoms with van der Waals surface area (Å²) < 4.78 is 28.9. The Kier molecular flexibility index (Phi) is 9.92. The molecule has 0 aliphatic rings. The van der Waals surface area contributed by atoms with Gasteiger partial charge in [-0.1, -0.05) is 91.0 Å². The summed E-state index contributed by atoms with van der Waals surface area (Å²) in [4.78, 5) is 29.4. The zero-order chi connectivity index (χ0) is 29.2. The van der Waals surface area contributed by atoms with Crippen LogP contribution in [0.1, 0.15) is 23.6 Å². The molecule has 4 aromatic carbocycles. The van der Waals surface area contributed by atoms with Gasteiger partial charge < -0.3 is 10.2 Å². The summed E-state index contributed by atoms with van der Waals surface area (Å²) in [6, 6.07) is 32.9. The van der Waals surface area contributed by atoms with Crippen molar-refractivity contribution in [3.63, 3.8) is 0 Å². The normalized spacial score (nSPS) is 11.9. The molecule has 7 nitrogen and oxygen atoms in total. The third kappa shape index (κ3) is 7.41. The Hall–Kier alpha value is -4.43. The van der Waals surface area contributed by atoms with Crippen LogP contribution in [0.2, 0.25) is 0 Å². The second kappa shape index (κ2) is 13.8. The number of nitrogens with zero attached hydrogens (tertiary/aromatic N) is 2. The molecule has 0 saturated heterocycles. The minimum atomic E-state index is -4.09. The molecule has 0 radical (unpaired) electrons. The highest BCUT2D eigenvalue weighted by atomic mass is 32.2. The van der Waals surface area contributed by atoms with Crippen molar-refractivity contribution in [2.75, 3.05) is 17.4 Å². The molecule has 0 spiro atoms. The number of likely N-dealkylation sites (N-methyl/N-ethyl adjacent to an activating group) is 1. The zero-order valence-electron chi connectivity index (χ0n) is 23.3. The molecule has 1 atom stereocenters. The Morgan fingerprint density at radius 1 is 0.780 bits per heavy atom. The molecule has 1 N–H and O–H groups in total. The topological polar surface area (TPSA) is 86.8 Å². The molecule has 0 heterocycles. The number of para-hydroxylation sites is 1. The quantitative estimate of drug-likeness (QED) is 0.261. The molecular formula is C33H35N3O4S. The van der Waals surface area contributed by atoms with Crippen LogP contribution in [0.15, 0.2) is 120 Å². The van der Waals surface area contributed by atoms with Gasteiger partial charge in [-0.25, -0.2) is 8.42 Å². The van der Waals surface area contributed by atoms with Crippen molar-refractivity contribution in [2.24, 2.45) is 0 Å². The van der Waals surface area contributed by atoms with E-state index >= 15 is 0 Å². The van der Waals surface area contributed by atoms with E-state index in [1.54, 1.807) is 48.5 Å². The second-order valence-electron chi connectivity index (χ2n) is 9.71. The second-order valence-corrected chi connectivity index (χ2v) is 11.6. The number of anilines is 1. The Balaban J connectivity index is 1.78. The predicted octanol–water partition coefficient (Wildman–Crippen LogP) is 4.97. The first-order chi connectivity index (χ1) is 19.8. The van der Waals surface area contributed by atoms with Gasteiger partial charge in [-0.2, -0.15) is 0 Å². The van der Waals surface area contributed by atoms with E-state index in [-0.39, 0.29) is 23.8 Å². The highest BCUT2D eigenvalue weighted by Gasteiger charge is 2.34. The lowest BCUT2D eigenvalue weighted by molar-refractivity contribution is -0.140. The predicted molar refractivity (Wildman–Crippen MR) is 162 cm³/mol. The lowest BCUT2D eigenvalue weighted by atomic mass is 10.0. The SMILES string of the molecule is CCNC(=O)C(Cc1ccccc1)N(Cc1ccccc1C)C(=O)CN(c1ccccc1)S(=O)(=O)c1ccccc1. The highest BCUT2D eigenvalue weighted by Crippen LogP contribution is 2.25. The number of aryl methyl sites for hydroxylation is 1. The van der Waals surface area contributed by atoms with Crippen LogP contribution < -0.4 is 9.62 Å². The Morgan fingerprint density at radius 3 is 1.95 bits per heavy atom. The summed E-state index contributed by atoms with van der Waals surface area (Å²) in [6.45, 7) is 3.85. The molecule has 0 fully saturated rings. The maximum absolute atomic E-state index is 14.3. The van der Waals surface area contributed by atoms with Gasteiger partial charge in [0.1, 0.15) is 12.6 Å². The Bertz CT molecular complexity index is 1550. The van der Waals surface area contributed by atoms with Gasteiger partial charge in [-0.15, -0.1) is 0 Å². The van der Waals surface area contributed by atoms with Crippen LogP contribution in [-0.4, -0.2) is 44.3 Å². The number of sulfonamides is 1. The molecule has 41 heavy (non-hydrogen) atoms. The average molecular weight is 570 g/mol. The van der Waals surface area contributed by atoms with Crippen molar-refractivity contribution in [2.45, 2.75) is 37.8 Å². The van der Waals surface area contributed by atoms with Crippen LogP contribution >= 0.6 is 0 Å². The van der Waals surface area contributed by atoms with Gasteiger partial charge in [0.15, 0.2) is 0 Å². The van der Waals surface area contributed by atoms with E-state index in [1.807, 2.05) is 68.4 Å². The van der Waals surface area contributed by atoms with E-state index in [0.29, 0.717) is 12.2 Å². The number of amides is 2. The molecule has 0 aliphatic carbocycles. The molecular weight excluding hydrogens is 534 g/mol. The first kappa shape index (κ1) is 29.6. The highest BCUT2D eigenvalue weighted by molar-refractivity contribution is 7.92. The van der Waals surface area contributed by atoms with Crippen LogP contribution in [0.25, 0.3) is 0 Å². The summed E-state index contributed by atoms with van der Waals surface area (Å²) in [5, 5.41) is 2.88. The number of nitrogens with one attached hydrogen (secondary N) is 1. The minimum Gasteiger partial charge on any atom is -0.355 e. The number of hydrogen-bond acceptors (Lipinski definition) is 4. The van der Waals surface area contributed by atoms with Crippen LogP contribution in [0.4, 0.5) is 5.69 Å². The first-order valence-electron chi connectivity index (χ1n) is 13.6. The molecule has 2 amide bonds. The summed E-state index contributed by atoms with van der Waals surface area (Å²) in [6.07, 6.45) is 0.279. The molecule has 4 aromatic rings. The lowest BCUT2D eigenvalue weighted by Gasteiger charge is -2.34. The molecule has 1 unspecified atom stereocenters. The van der Waals surface area contributed by atoms with Gasteiger partial charge in [0.25, 0.3) is 10.0 Å². The first-order valence-corrected chi connectivity index (χ1v) is 15.0. The van der Waals surface area contributed by atoms with Crippen LogP contribution in [0.5, 0.6) is 0 Å². The van der Waals surface area contributed by atoms with Crippen molar-refractivity contribution in [1.29, 1.82) is 0 Å². The lowest BCUT2D eigenvalue weighted by Crippen LogP contribution is -2.53. The summed E-state index contributed by atoms with van der Waals surface area (Å²) >= 11 is 0. The largest absolute Gasteiger partial charge is 0.355 e. The van der Waals surface area contributed by atoms with E-state index in [2.05, 4.69) is 5.32 Å². The fourth-order valence-corrected chi connectivity index (χ4v) is 6.09. The maximum Gasteiger partial charge on any atom is 0.264 e. The van der Waals surface area contributed by atoms with Gasteiger partial charge in [-0.05, 0) is 54.8 Å². The third-order valence-electron chi connectivity index (χ3n) is 6.88. The molecule has 4 rings (SSSR count). The van der Waals surface area contributed by atoms with E-state index in [9.17, 15) is 18.0 Å². The third-order valence-corrected chi connectivity index (χ3v) is 8.67. The maximum atomic E-state index is 14.3. The monoisotopic (exact) mass is 569 g/mol. The smallest absolute Gasteiger partial charge is 0.264 e. The zero-order valence-corrected chi connectivity index (χ0v) is 24.1. The van der Waals surface area contributed by atoms with Gasteiger partial charge >= 0.3 is 0 Å². The van der Waals surface area contributed by atoms with Crippen LogP contribution in [0.3, 0.4) is 0 Å². The van der Waals surface area contributed by atoms with E-state index in [1.165, 1.54) is 17.0 Å². The fourth-order valence-electron chi connectivity index (χ4n) is 4.66. The molecule has 0 aromatic heterocycles. The standard InChI is InChI=1S/C33H35N3O4S/c1-3-34-33(38)31(23-27-16-7-4-8-17-27)35(24-28-18-14-13-15-26(28)2)32(37)25-36(29-19-9-5-10-20-29)41(39,40)30-21-11-6-12-22-30/h4-22,31H,3,23-25H2,1-2H3,(H,34,38).